The Morgan fingerprint density at radius 3 is 3.14 bits per heavy atom. The molecule has 0 saturated carbocycles. The molecule has 1 aliphatic heterocycles. The molecule has 2 aromatic heterocycles. The summed E-state index contributed by atoms with van der Waals surface area (Å²) in [4.78, 5) is 29.8. The van der Waals surface area contributed by atoms with E-state index in [-0.39, 0.29) is 18.1 Å². The number of anilines is 1. The predicted molar refractivity (Wildman–Crippen MR) is 80.7 cm³/mol. The fourth-order valence-electron chi connectivity index (χ4n) is 2.20. The number of nitrogens with zero attached hydrogens (tertiary/aromatic N) is 2. The predicted octanol–water partition coefficient (Wildman–Crippen LogP) is 2.07. The van der Waals surface area contributed by atoms with Crippen molar-refractivity contribution in [1.82, 2.24) is 10.3 Å². The van der Waals surface area contributed by atoms with Gasteiger partial charge in [-0.3, -0.25) is 9.69 Å². The largest absolute Gasteiger partial charge is 0.442 e. The van der Waals surface area contributed by atoms with Gasteiger partial charge in [-0.2, -0.15) is 0 Å². The van der Waals surface area contributed by atoms with Crippen molar-refractivity contribution in [2.45, 2.75) is 20.0 Å². The Bertz CT molecular complexity index is 713. The first-order chi connectivity index (χ1) is 10.0. The number of nitrogens with one attached hydrogen (secondary N) is 1. The van der Waals surface area contributed by atoms with Crippen molar-refractivity contribution in [3.8, 4) is 0 Å². The molecular formula is C14H15N3O3S. The van der Waals surface area contributed by atoms with E-state index in [9.17, 15) is 9.59 Å². The average molecular weight is 305 g/mol. The van der Waals surface area contributed by atoms with Crippen LogP contribution in [0, 0.1) is 6.92 Å². The van der Waals surface area contributed by atoms with Gasteiger partial charge in [0.2, 0.25) is 5.91 Å². The van der Waals surface area contributed by atoms with Gasteiger partial charge in [0.1, 0.15) is 15.9 Å². The van der Waals surface area contributed by atoms with E-state index in [4.69, 9.17) is 4.74 Å². The number of ether oxygens (including phenoxy) is 1. The van der Waals surface area contributed by atoms with E-state index in [1.54, 1.807) is 4.90 Å². The van der Waals surface area contributed by atoms with Crippen LogP contribution in [-0.4, -0.2) is 36.2 Å². The minimum atomic E-state index is -0.381. The molecule has 1 saturated heterocycles. The molecule has 2 amide bonds. The number of aromatic nitrogens is 1. The number of hydrogen-bond acceptors (Lipinski definition) is 5. The first-order valence-electron chi connectivity index (χ1n) is 6.63. The molecule has 1 N–H and O–H groups in total. The van der Waals surface area contributed by atoms with Crippen LogP contribution in [0.15, 0.2) is 18.2 Å². The SMILES string of the molecule is CC(=O)NC[C@H]1CN(c2cc3ccc(C)nc3s2)C(=O)O1. The second-order valence-corrected chi connectivity index (χ2v) is 5.99. The van der Waals surface area contributed by atoms with Gasteiger partial charge in [0.25, 0.3) is 0 Å². The number of carbonyl (C=O) groups excluding carboxylic acids is 2. The second kappa shape index (κ2) is 5.33. The molecule has 2 aromatic rings. The van der Waals surface area contributed by atoms with Crippen LogP contribution in [0.5, 0.6) is 0 Å². The van der Waals surface area contributed by atoms with Crippen molar-refractivity contribution in [1.29, 1.82) is 0 Å². The number of carbonyl (C=O) groups is 2. The lowest BCUT2D eigenvalue weighted by Gasteiger charge is -2.09. The Morgan fingerprint density at radius 2 is 2.38 bits per heavy atom. The zero-order chi connectivity index (χ0) is 15.0. The normalized spacial score (nSPS) is 18.1. The monoisotopic (exact) mass is 305 g/mol. The van der Waals surface area contributed by atoms with Gasteiger partial charge >= 0.3 is 6.09 Å². The zero-order valence-corrected chi connectivity index (χ0v) is 12.6. The van der Waals surface area contributed by atoms with Crippen molar-refractivity contribution in [3.05, 3.63) is 23.9 Å². The first kappa shape index (κ1) is 13.8. The molecule has 1 atom stereocenters. The Balaban J connectivity index is 1.79. The van der Waals surface area contributed by atoms with Gasteiger partial charge in [-0.25, -0.2) is 9.78 Å². The van der Waals surface area contributed by atoms with Crippen LogP contribution in [0.1, 0.15) is 12.6 Å². The molecule has 0 aliphatic carbocycles. The lowest BCUT2D eigenvalue weighted by Crippen LogP contribution is -2.33. The molecular weight excluding hydrogens is 290 g/mol. The van der Waals surface area contributed by atoms with Gasteiger partial charge in [-0.1, -0.05) is 17.4 Å². The number of thiophene rings is 1. The van der Waals surface area contributed by atoms with E-state index in [1.807, 2.05) is 25.1 Å². The summed E-state index contributed by atoms with van der Waals surface area (Å²) in [5.41, 5.74) is 0.948. The van der Waals surface area contributed by atoms with E-state index in [1.165, 1.54) is 18.3 Å². The maximum absolute atomic E-state index is 12.0. The van der Waals surface area contributed by atoms with Gasteiger partial charge in [0, 0.05) is 18.0 Å². The highest BCUT2D eigenvalue weighted by molar-refractivity contribution is 7.22. The topological polar surface area (TPSA) is 71.5 Å². The van der Waals surface area contributed by atoms with Gasteiger partial charge in [-0.15, -0.1) is 0 Å². The molecule has 3 rings (SSSR count). The minimum absolute atomic E-state index is 0.133. The van der Waals surface area contributed by atoms with E-state index in [0.29, 0.717) is 13.1 Å². The van der Waals surface area contributed by atoms with Gasteiger partial charge in [0.05, 0.1) is 13.1 Å². The number of amides is 2. The Kier molecular flexibility index (Phi) is 3.50. The molecule has 0 radical (unpaired) electrons. The molecule has 110 valence electrons. The summed E-state index contributed by atoms with van der Waals surface area (Å²) >= 11 is 1.47. The molecule has 1 fully saturated rings. The van der Waals surface area contributed by atoms with Crippen LogP contribution in [0.2, 0.25) is 0 Å². The van der Waals surface area contributed by atoms with E-state index >= 15 is 0 Å². The molecule has 0 bridgehead atoms. The zero-order valence-electron chi connectivity index (χ0n) is 11.8. The fraction of sp³-hybridized carbons (Fsp3) is 0.357. The number of aryl methyl sites for hydroxylation is 1. The van der Waals surface area contributed by atoms with Crippen LogP contribution in [0.4, 0.5) is 9.80 Å². The Labute approximate surface area is 125 Å². The van der Waals surface area contributed by atoms with Crippen molar-refractivity contribution in [2.75, 3.05) is 18.0 Å². The molecule has 7 heteroatoms. The second-order valence-electron chi connectivity index (χ2n) is 4.99. The molecule has 6 nitrogen and oxygen atoms in total. The standard InChI is InChI=1S/C14H15N3O3S/c1-8-3-4-10-5-12(21-13(10)16-8)17-7-11(20-14(17)19)6-15-9(2)18/h3-5,11H,6-7H2,1-2H3,(H,15,18)/t11-/m0/s1. The summed E-state index contributed by atoms with van der Waals surface area (Å²) in [7, 11) is 0. The maximum atomic E-state index is 12.0. The molecule has 21 heavy (non-hydrogen) atoms. The number of hydrogen-bond donors (Lipinski definition) is 1. The summed E-state index contributed by atoms with van der Waals surface area (Å²) in [5.74, 6) is -0.133. The van der Waals surface area contributed by atoms with Crippen molar-refractivity contribution in [2.24, 2.45) is 0 Å². The summed E-state index contributed by atoms with van der Waals surface area (Å²) in [6.45, 7) is 4.14. The lowest BCUT2D eigenvalue weighted by molar-refractivity contribution is -0.119. The van der Waals surface area contributed by atoms with Gasteiger partial charge in [-0.05, 0) is 19.1 Å². The van der Waals surface area contributed by atoms with E-state index in [2.05, 4.69) is 10.3 Å². The smallest absolute Gasteiger partial charge is 0.415 e. The molecule has 0 aromatic carbocycles. The Morgan fingerprint density at radius 1 is 1.57 bits per heavy atom. The quantitative estimate of drug-likeness (QED) is 0.942. The van der Waals surface area contributed by atoms with Crippen LogP contribution in [-0.2, 0) is 9.53 Å². The highest BCUT2D eigenvalue weighted by atomic mass is 32.1. The summed E-state index contributed by atoms with van der Waals surface area (Å²) in [6.07, 6.45) is -0.699. The average Bonchev–Trinajstić information content (AvgIpc) is 2.99. The van der Waals surface area contributed by atoms with Crippen molar-refractivity contribution >= 4 is 38.6 Å². The molecule has 1 aliphatic rings. The maximum Gasteiger partial charge on any atom is 0.415 e. The third kappa shape index (κ3) is 2.82. The number of pyridine rings is 1. The third-order valence-electron chi connectivity index (χ3n) is 3.23. The highest BCUT2D eigenvalue weighted by Crippen LogP contribution is 2.33. The van der Waals surface area contributed by atoms with Gasteiger partial charge < -0.3 is 10.1 Å². The minimum Gasteiger partial charge on any atom is -0.442 e. The first-order valence-corrected chi connectivity index (χ1v) is 7.44. The van der Waals surface area contributed by atoms with E-state index in [0.717, 1.165) is 20.9 Å². The fourth-order valence-corrected chi connectivity index (χ4v) is 3.27. The number of fused-ring (bicyclic) bond motifs is 1. The van der Waals surface area contributed by atoms with Crippen LogP contribution < -0.4 is 10.2 Å². The van der Waals surface area contributed by atoms with Gasteiger partial charge in [0.15, 0.2) is 0 Å². The van der Waals surface area contributed by atoms with Crippen LogP contribution in [0.25, 0.3) is 10.2 Å². The highest BCUT2D eigenvalue weighted by Gasteiger charge is 2.33. The number of rotatable bonds is 3. The van der Waals surface area contributed by atoms with Crippen molar-refractivity contribution < 1.29 is 14.3 Å². The third-order valence-corrected chi connectivity index (χ3v) is 4.30. The number of cyclic esters (lactones) is 1. The molecule has 0 spiro atoms. The lowest BCUT2D eigenvalue weighted by atomic mass is 10.3. The van der Waals surface area contributed by atoms with Crippen LogP contribution in [0.3, 0.4) is 0 Å². The van der Waals surface area contributed by atoms with E-state index < -0.39 is 0 Å². The van der Waals surface area contributed by atoms with Crippen LogP contribution >= 0.6 is 11.3 Å². The van der Waals surface area contributed by atoms with Crippen molar-refractivity contribution in [3.63, 3.8) is 0 Å². The molecule has 0 unspecified atom stereocenters. The summed E-state index contributed by atoms with van der Waals surface area (Å²) in [6, 6.07) is 5.88. The summed E-state index contributed by atoms with van der Waals surface area (Å²) in [5, 5.41) is 4.49. The molecule has 3 heterocycles. The summed E-state index contributed by atoms with van der Waals surface area (Å²) < 4.78 is 5.26. The Hall–Kier alpha value is -2.15.